The van der Waals surface area contributed by atoms with Gasteiger partial charge in [0.1, 0.15) is 0 Å². The van der Waals surface area contributed by atoms with E-state index in [1.54, 1.807) is 14.2 Å². The zero-order valence-corrected chi connectivity index (χ0v) is 18.2. The van der Waals surface area contributed by atoms with E-state index < -0.39 is 0 Å². The van der Waals surface area contributed by atoms with Crippen LogP contribution in [0, 0.1) is 0 Å². The molecule has 0 unspecified atom stereocenters. The van der Waals surface area contributed by atoms with E-state index >= 15 is 0 Å². The largest absolute Gasteiger partial charge is 0.493 e. The predicted molar refractivity (Wildman–Crippen MR) is 115 cm³/mol. The summed E-state index contributed by atoms with van der Waals surface area (Å²) in [7, 11) is 3.25. The summed E-state index contributed by atoms with van der Waals surface area (Å²) < 4.78 is 10.9. The fourth-order valence-corrected chi connectivity index (χ4v) is 3.65. The molecule has 156 valence electrons. The fourth-order valence-electron chi connectivity index (χ4n) is 3.33. The number of benzene rings is 1. The van der Waals surface area contributed by atoms with E-state index in [0.29, 0.717) is 36.2 Å². The number of fused-ring (bicyclic) bond motifs is 1. The molecule has 2 rings (SSSR count). The molecule has 0 fully saturated rings. The SMILES string of the molecule is CCCNC(=O)N1CCc2cc(OC)c(OC)cc2[C@@H]1CNC(=S)NC(C)C. The summed E-state index contributed by atoms with van der Waals surface area (Å²) in [5.41, 5.74) is 2.21. The summed E-state index contributed by atoms with van der Waals surface area (Å²) in [5, 5.41) is 10.0. The molecule has 3 N–H and O–H groups in total. The van der Waals surface area contributed by atoms with Crippen LogP contribution in [0.1, 0.15) is 44.4 Å². The van der Waals surface area contributed by atoms with Gasteiger partial charge in [0.25, 0.3) is 0 Å². The van der Waals surface area contributed by atoms with Gasteiger partial charge in [-0.3, -0.25) is 0 Å². The van der Waals surface area contributed by atoms with Gasteiger partial charge in [-0.05, 0) is 62.2 Å². The van der Waals surface area contributed by atoms with Crippen LogP contribution in [0.5, 0.6) is 11.5 Å². The maximum atomic E-state index is 12.8. The first-order valence-corrected chi connectivity index (χ1v) is 10.2. The molecule has 8 heteroatoms. The Morgan fingerprint density at radius 1 is 1.25 bits per heavy atom. The van der Waals surface area contributed by atoms with Crippen molar-refractivity contribution in [1.82, 2.24) is 20.9 Å². The highest BCUT2D eigenvalue weighted by Gasteiger charge is 2.32. The molecule has 1 aliphatic rings. The average molecular weight is 409 g/mol. The number of methoxy groups -OCH3 is 2. The van der Waals surface area contributed by atoms with Crippen molar-refractivity contribution >= 4 is 23.4 Å². The molecule has 1 heterocycles. The third kappa shape index (κ3) is 5.41. The summed E-state index contributed by atoms with van der Waals surface area (Å²) >= 11 is 5.37. The van der Waals surface area contributed by atoms with Gasteiger partial charge in [0.2, 0.25) is 0 Å². The average Bonchev–Trinajstić information content (AvgIpc) is 2.68. The maximum Gasteiger partial charge on any atom is 0.317 e. The Morgan fingerprint density at radius 3 is 2.54 bits per heavy atom. The van der Waals surface area contributed by atoms with Gasteiger partial charge in [-0.2, -0.15) is 0 Å². The van der Waals surface area contributed by atoms with Crippen molar-refractivity contribution < 1.29 is 14.3 Å². The number of amides is 2. The number of nitrogens with one attached hydrogen (secondary N) is 3. The van der Waals surface area contributed by atoms with Crippen LogP contribution in [-0.4, -0.2) is 55.9 Å². The lowest BCUT2D eigenvalue weighted by Gasteiger charge is -2.38. The first-order chi connectivity index (χ1) is 13.4. The number of rotatable bonds is 7. The zero-order valence-electron chi connectivity index (χ0n) is 17.4. The van der Waals surface area contributed by atoms with Gasteiger partial charge in [-0.15, -0.1) is 0 Å². The van der Waals surface area contributed by atoms with Gasteiger partial charge in [0.15, 0.2) is 16.6 Å². The highest BCUT2D eigenvalue weighted by atomic mass is 32.1. The van der Waals surface area contributed by atoms with Crippen LogP contribution in [0.3, 0.4) is 0 Å². The van der Waals surface area contributed by atoms with Crippen molar-refractivity contribution in [3.63, 3.8) is 0 Å². The molecule has 28 heavy (non-hydrogen) atoms. The Kier molecular flexibility index (Phi) is 8.17. The molecule has 1 aliphatic heterocycles. The van der Waals surface area contributed by atoms with Crippen LogP contribution in [0.2, 0.25) is 0 Å². The molecular weight excluding hydrogens is 376 g/mol. The van der Waals surface area contributed by atoms with Crippen molar-refractivity contribution in [3.8, 4) is 11.5 Å². The van der Waals surface area contributed by atoms with E-state index in [0.717, 1.165) is 24.0 Å². The Bertz CT molecular complexity index is 696. The van der Waals surface area contributed by atoms with E-state index in [1.165, 1.54) is 0 Å². The van der Waals surface area contributed by atoms with Gasteiger partial charge >= 0.3 is 6.03 Å². The number of carbonyl (C=O) groups excluding carboxylic acids is 1. The van der Waals surface area contributed by atoms with Gasteiger partial charge < -0.3 is 30.3 Å². The first kappa shape index (κ1) is 22.1. The molecule has 1 aromatic carbocycles. The third-order valence-electron chi connectivity index (χ3n) is 4.67. The molecule has 0 radical (unpaired) electrons. The van der Waals surface area contributed by atoms with Gasteiger partial charge in [-0.25, -0.2) is 4.79 Å². The van der Waals surface area contributed by atoms with Crippen LogP contribution < -0.4 is 25.4 Å². The van der Waals surface area contributed by atoms with Gasteiger partial charge in [-0.1, -0.05) is 6.92 Å². The molecule has 0 aromatic heterocycles. The van der Waals surface area contributed by atoms with Crippen molar-refractivity contribution in [3.05, 3.63) is 23.3 Å². The second-order valence-electron chi connectivity index (χ2n) is 7.11. The molecule has 1 aromatic rings. The van der Waals surface area contributed by atoms with Crippen LogP contribution in [0.15, 0.2) is 12.1 Å². The Morgan fingerprint density at radius 2 is 1.93 bits per heavy atom. The number of thiocarbonyl (C=S) groups is 1. The highest BCUT2D eigenvalue weighted by molar-refractivity contribution is 7.80. The predicted octanol–water partition coefficient (Wildman–Crippen LogP) is 2.60. The van der Waals surface area contributed by atoms with E-state index in [1.807, 2.05) is 37.8 Å². The Hall–Kier alpha value is -2.22. The number of urea groups is 1. The number of ether oxygens (including phenoxy) is 2. The van der Waals surface area contributed by atoms with E-state index in [-0.39, 0.29) is 18.1 Å². The second kappa shape index (κ2) is 10.4. The van der Waals surface area contributed by atoms with Crippen molar-refractivity contribution in [2.24, 2.45) is 0 Å². The quantitative estimate of drug-likeness (QED) is 0.602. The highest BCUT2D eigenvalue weighted by Crippen LogP contribution is 2.37. The number of carbonyl (C=O) groups is 1. The molecule has 7 nitrogen and oxygen atoms in total. The van der Waals surface area contributed by atoms with Crippen LogP contribution in [0.25, 0.3) is 0 Å². The zero-order chi connectivity index (χ0) is 20.7. The van der Waals surface area contributed by atoms with E-state index in [2.05, 4.69) is 16.0 Å². The fraction of sp³-hybridized carbons (Fsp3) is 0.600. The van der Waals surface area contributed by atoms with Gasteiger partial charge in [0, 0.05) is 25.7 Å². The van der Waals surface area contributed by atoms with Crippen LogP contribution in [-0.2, 0) is 6.42 Å². The van der Waals surface area contributed by atoms with Crippen molar-refractivity contribution in [2.45, 2.75) is 45.7 Å². The van der Waals surface area contributed by atoms with Crippen molar-refractivity contribution in [2.75, 3.05) is 33.9 Å². The monoisotopic (exact) mass is 408 g/mol. The minimum absolute atomic E-state index is 0.0585. The Balaban J connectivity index is 2.31. The van der Waals surface area contributed by atoms with E-state index in [9.17, 15) is 4.79 Å². The number of hydrogen-bond donors (Lipinski definition) is 3. The minimum atomic E-state index is -0.160. The summed E-state index contributed by atoms with van der Waals surface area (Å²) in [6, 6.07) is 4.00. The summed E-state index contributed by atoms with van der Waals surface area (Å²) in [4.78, 5) is 14.6. The number of hydrogen-bond acceptors (Lipinski definition) is 4. The molecule has 0 bridgehead atoms. The summed E-state index contributed by atoms with van der Waals surface area (Å²) in [6.07, 6.45) is 1.66. The second-order valence-corrected chi connectivity index (χ2v) is 7.51. The summed E-state index contributed by atoms with van der Waals surface area (Å²) in [5.74, 6) is 1.36. The number of nitrogens with zero attached hydrogens (tertiary/aromatic N) is 1. The molecule has 1 atom stereocenters. The lowest BCUT2D eigenvalue weighted by molar-refractivity contribution is 0.169. The van der Waals surface area contributed by atoms with Crippen molar-refractivity contribution in [1.29, 1.82) is 0 Å². The minimum Gasteiger partial charge on any atom is -0.493 e. The van der Waals surface area contributed by atoms with Crippen LogP contribution in [0.4, 0.5) is 4.79 Å². The lowest BCUT2D eigenvalue weighted by Crippen LogP contribution is -2.50. The molecular formula is C20H32N4O3S. The molecule has 0 aliphatic carbocycles. The molecule has 0 saturated heterocycles. The molecule has 0 saturated carbocycles. The topological polar surface area (TPSA) is 74.9 Å². The van der Waals surface area contributed by atoms with Gasteiger partial charge in [0.05, 0.1) is 20.3 Å². The Labute approximate surface area is 173 Å². The van der Waals surface area contributed by atoms with Crippen LogP contribution >= 0.6 is 12.2 Å². The summed E-state index contributed by atoms with van der Waals surface area (Å²) in [6.45, 7) is 7.91. The van der Waals surface area contributed by atoms with E-state index in [4.69, 9.17) is 21.7 Å². The maximum absolute atomic E-state index is 12.8. The molecule has 2 amide bonds. The standard InChI is InChI=1S/C20H32N4O3S/c1-6-8-21-20(25)24-9-7-14-10-17(26-4)18(27-5)11-15(14)16(24)12-22-19(28)23-13(2)3/h10-11,13,16H,6-9,12H2,1-5H3,(H,21,25)(H2,22,23,28)/t16-/m0/s1. The first-order valence-electron chi connectivity index (χ1n) is 9.74. The lowest BCUT2D eigenvalue weighted by atomic mass is 9.92. The molecule has 0 spiro atoms. The third-order valence-corrected chi connectivity index (χ3v) is 4.93. The normalized spacial score (nSPS) is 15.6. The smallest absolute Gasteiger partial charge is 0.317 e.